The second-order valence-electron chi connectivity index (χ2n) is 4.95. The van der Waals surface area contributed by atoms with Crippen LogP contribution >= 0.6 is 92.4 Å². The minimum Gasteiger partial charge on any atom is -0.506 e. The van der Waals surface area contributed by atoms with Crippen molar-refractivity contribution in [1.29, 1.82) is 0 Å². The first-order valence-electron chi connectivity index (χ1n) is 6.69. The van der Waals surface area contributed by atoms with Crippen molar-refractivity contribution in [2.24, 2.45) is 0 Å². The quantitative estimate of drug-likeness (QED) is 0.239. The second-order valence-corrected chi connectivity index (χ2v) is 9.76. The highest BCUT2D eigenvalue weighted by atomic mass is 127. The van der Waals surface area contributed by atoms with E-state index >= 15 is 0 Å². The summed E-state index contributed by atoms with van der Waals surface area (Å²) in [4.78, 5) is 14.7. The van der Waals surface area contributed by atoms with Gasteiger partial charge in [-0.3, -0.25) is 9.69 Å². The Morgan fingerprint density at radius 1 is 1.12 bits per heavy atom. The third kappa shape index (κ3) is 4.11. The van der Waals surface area contributed by atoms with Gasteiger partial charge in [-0.05, 0) is 87.2 Å². The van der Waals surface area contributed by atoms with E-state index in [9.17, 15) is 9.90 Å². The molecule has 0 radical (unpaired) electrons. The van der Waals surface area contributed by atoms with Gasteiger partial charge in [0, 0.05) is 0 Å². The molecule has 0 spiro atoms. The molecule has 0 saturated carbocycles. The average Bonchev–Trinajstić information content (AvgIpc) is 2.82. The standard InChI is InChI=1S/C16H7Cl2I2NO2S2/c17-9-2-1-8(6-10(9)18)21-15(23)13(25-16(21)24)5-7-3-11(19)14(22)12(20)4-7/h1-6,22H/b13-5-. The maximum atomic E-state index is 12.8. The lowest BCUT2D eigenvalue weighted by atomic mass is 10.2. The van der Waals surface area contributed by atoms with E-state index < -0.39 is 0 Å². The number of nitrogens with zero attached hydrogens (tertiary/aromatic N) is 1. The van der Waals surface area contributed by atoms with Crippen LogP contribution in [0.25, 0.3) is 6.08 Å². The molecule has 2 aromatic carbocycles. The molecular weight excluding hydrogens is 627 g/mol. The molecule has 2 aromatic rings. The van der Waals surface area contributed by atoms with Crippen LogP contribution in [0, 0.1) is 7.14 Å². The summed E-state index contributed by atoms with van der Waals surface area (Å²) >= 11 is 22.7. The van der Waals surface area contributed by atoms with Gasteiger partial charge in [0.25, 0.3) is 5.91 Å². The summed E-state index contributed by atoms with van der Waals surface area (Å²) in [5.41, 5.74) is 1.40. The highest BCUT2D eigenvalue weighted by Crippen LogP contribution is 2.38. The summed E-state index contributed by atoms with van der Waals surface area (Å²) in [6.07, 6.45) is 1.76. The van der Waals surface area contributed by atoms with E-state index in [-0.39, 0.29) is 11.7 Å². The molecule has 1 aliphatic heterocycles. The first-order chi connectivity index (χ1) is 11.8. The number of benzene rings is 2. The van der Waals surface area contributed by atoms with Gasteiger partial charge < -0.3 is 5.11 Å². The zero-order chi connectivity index (χ0) is 18.3. The Kier molecular flexibility index (Phi) is 6.21. The SMILES string of the molecule is O=C1/C(=C/c2cc(I)c(O)c(I)c2)SC(=S)N1c1ccc(Cl)c(Cl)c1. The zero-order valence-corrected chi connectivity index (χ0v) is 19.6. The maximum Gasteiger partial charge on any atom is 0.270 e. The van der Waals surface area contributed by atoms with Crippen LogP contribution in [0.2, 0.25) is 10.0 Å². The van der Waals surface area contributed by atoms with Crippen molar-refractivity contribution in [3.8, 4) is 5.75 Å². The number of phenolic OH excluding ortho intramolecular Hbond substituents is 1. The highest BCUT2D eigenvalue weighted by Gasteiger charge is 2.33. The van der Waals surface area contributed by atoms with Gasteiger partial charge in [-0.2, -0.15) is 0 Å². The second kappa shape index (κ2) is 7.89. The Hall–Kier alpha value is -0.0700. The van der Waals surface area contributed by atoms with Crippen LogP contribution in [0.4, 0.5) is 5.69 Å². The Morgan fingerprint density at radius 3 is 2.36 bits per heavy atom. The molecule has 0 unspecified atom stereocenters. The van der Waals surface area contributed by atoms with Gasteiger partial charge in [0.15, 0.2) is 4.32 Å². The maximum absolute atomic E-state index is 12.8. The summed E-state index contributed by atoms with van der Waals surface area (Å²) in [5, 5.41) is 10.6. The third-order valence-corrected chi connectivity index (χ3v) is 6.98. The fraction of sp³-hybridized carbons (Fsp3) is 0. The fourth-order valence-corrected chi connectivity index (χ4v) is 5.54. The average molecular weight is 634 g/mol. The number of thiocarbonyl (C=S) groups is 1. The number of carbonyl (C=O) groups excluding carboxylic acids is 1. The van der Waals surface area contributed by atoms with Crippen molar-refractivity contribution in [2.75, 3.05) is 4.90 Å². The van der Waals surface area contributed by atoms with Gasteiger partial charge in [0.2, 0.25) is 0 Å². The molecule has 3 nitrogen and oxygen atoms in total. The highest BCUT2D eigenvalue weighted by molar-refractivity contribution is 14.1. The van der Waals surface area contributed by atoms with E-state index in [1.165, 1.54) is 16.7 Å². The molecule has 1 saturated heterocycles. The van der Waals surface area contributed by atoms with Crippen molar-refractivity contribution in [1.82, 2.24) is 0 Å². The topological polar surface area (TPSA) is 40.5 Å². The normalized spacial score (nSPS) is 16.2. The lowest BCUT2D eigenvalue weighted by Gasteiger charge is -2.15. The smallest absolute Gasteiger partial charge is 0.270 e. The minimum absolute atomic E-state index is 0.216. The number of phenols is 1. The number of anilines is 1. The predicted molar refractivity (Wildman–Crippen MR) is 126 cm³/mol. The van der Waals surface area contributed by atoms with Crippen molar-refractivity contribution >= 4 is 114 Å². The number of thioether (sulfide) groups is 1. The summed E-state index contributed by atoms with van der Waals surface area (Å²) in [5.74, 6) is 0.0215. The van der Waals surface area contributed by atoms with Gasteiger partial charge in [0.05, 0.1) is 27.8 Å². The first-order valence-corrected chi connectivity index (χ1v) is 10.8. The van der Waals surface area contributed by atoms with Crippen molar-refractivity contribution < 1.29 is 9.90 Å². The van der Waals surface area contributed by atoms with E-state index in [1.54, 1.807) is 24.3 Å². The van der Waals surface area contributed by atoms with E-state index in [0.29, 0.717) is 25.0 Å². The van der Waals surface area contributed by atoms with Gasteiger partial charge in [0.1, 0.15) is 5.75 Å². The van der Waals surface area contributed by atoms with Crippen LogP contribution in [-0.2, 0) is 4.79 Å². The van der Waals surface area contributed by atoms with Crippen LogP contribution in [-0.4, -0.2) is 15.3 Å². The summed E-state index contributed by atoms with van der Waals surface area (Å²) in [7, 11) is 0. The molecule has 0 atom stereocenters. The van der Waals surface area contributed by atoms with Gasteiger partial charge in [-0.25, -0.2) is 0 Å². The molecule has 3 rings (SSSR count). The molecule has 1 fully saturated rings. The number of rotatable bonds is 2. The molecule has 1 N–H and O–H groups in total. The number of hydrogen-bond acceptors (Lipinski definition) is 4. The van der Waals surface area contributed by atoms with E-state index in [2.05, 4.69) is 45.2 Å². The third-order valence-electron chi connectivity index (χ3n) is 3.29. The molecule has 9 heteroatoms. The number of halogens is 4. The number of aromatic hydroxyl groups is 1. The molecule has 0 bridgehead atoms. The van der Waals surface area contributed by atoms with Gasteiger partial charge in [-0.1, -0.05) is 47.2 Å². The Bertz CT molecular complexity index is 927. The molecule has 25 heavy (non-hydrogen) atoms. The van der Waals surface area contributed by atoms with Crippen LogP contribution in [0.3, 0.4) is 0 Å². The molecular formula is C16H7Cl2I2NO2S2. The van der Waals surface area contributed by atoms with Crippen molar-refractivity contribution in [2.45, 2.75) is 0 Å². The summed E-state index contributed by atoms with van der Waals surface area (Å²) in [6.45, 7) is 0. The molecule has 0 aliphatic carbocycles. The molecule has 0 aromatic heterocycles. The van der Waals surface area contributed by atoms with Crippen molar-refractivity contribution in [3.05, 3.63) is 58.0 Å². The summed E-state index contributed by atoms with van der Waals surface area (Å²) < 4.78 is 1.87. The van der Waals surface area contributed by atoms with Crippen molar-refractivity contribution in [3.63, 3.8) is 0 Å². The monoisotopic (exact) mass is 633 g/mol. The predicted octanol–water partition coefficient (Wildman–Crippen LogP) is 6.31. The van der Waals surface area contributed by atoms with E-state index in [4.69, 9.17) is 35.4 Å². The molecule has 1 heterocycles. The fourth-order valence-electron chi connectivity index (χ4n) is 2.13. The lowest BCUT2D eigenvalue weighted by Crippen LogP contribution is -2.27. The van der Waals surface area contributed by atoms with Gasteiger partial charge >= 0.3 is 0 Å². The van der Waals surface area contributed by atoms with Gasteiger partial charge in [-0.15, -0.1) is 0 Å². The largest absolute Gasteiger partial charge is 0.506 e. The van der Waals surface area contributed by atoms with E-state index in [1.807, 2.05) is 12.1 Å². The Labute approximate surface area is 191 Å². The molecule has 1 amide bonds. The number of hydrogen-bond donors (Lipinski definition) is 1. The molecule has 1 aliphatic rings. The number of amides is 1. The Balaban J connectivity index is 1.97. The Morgan fingerprint density at radius 2 is 1.76 bits per heavy atom. The number of carbonyl (C=O) groups is 1. The molecule has 128 valence electrons. The van der Waals surface area contributed by atoms with Crippen LogP contribution in [0.5, 0.6) is 5.75 Å². The minimum atomic E-state index is -0.216. The van der Waals surface area contributed by atoms with Crippen LogP contribution in [0.1, 0.15) is 5.56 Å². The van der Waals surface area contributed by atoms with Crippen LogP contribution < -0.4 is 4.90 Å². The lowest BCUT2D eigenvalue weighted by molar-refractivity contribution is -0.113. The summed E-state index contributed by atoms with van der Waals surface area (Å²) in [6, 6.07) is 8.57. The van der Waals surface area contributed by atoms with E-state index in [0.717, 1.165) is 12.7 Å². The van der Waals surface area contributed by atoms with Crippen LogP contribution in [0.15, 0.2) is 35.2 Å². The zero-order valence-electron chi connectivity index (χ0n) is 12.1. The first kappa shape index (κ1) is 19.7.